The molecule has 0 saturated carbocycles. The summed E-state index contributed by atoms with van der Waals surface area (Å²) in [6, 6.07) is 0. The van der Waals surface area contributed by atoms with Gasteiger partial charge in [0.2, 0.25) is 0 Å². The van der Waals surface area contributed by atoms with Gasteiger partial charge in [0.1, 0.15) is 5.60 Å². The first kappa shape index (κ1) is 12.5. The van der Waals surface area contributed by atoms with Gasteiger partial charge in [0, 0.05) is 11.8 Å². The summed E-state index contributed by atoms with van der Waals surface area (Å²) in [5.41, 5.74) is 0.134. The van der Waals surface area contributed by atoms with Crippen molar-refractivity contribution < 1.29 is 17.9 Å². The van der Waals surface area contributed by atoms with Gasteiger partial charge in [0.05, 0.1) is 22.8 Å². The molecule has 0 unspecified atom stereocenters. The topological polar surface area (TPSA) is 73.3 Å². The van der Waals surface area contributed by atoms with Crippen molar-refractivity contribution in [2.24, 2.45) is 0 Å². The molecule has 5 nitrogen and oxygen atoms in total. The van der Waals surface area contributed by atoms with Crippen LogP contribution in [0.4, 0.5) is 0 Å². The molecule has 0 amide bonds. The molecule has 1 saturated heterocycles. The minimum atomic E-state index is -3.07. The highest BCUT2D eigenvalue weighted by Gasteiger charge is 2.42. The van der Waals surface area contributed by atoms with E-state index >= 15 is 0 Å². The van der Waals surface area contributed by atoms with Crippen LogP contribution in [-0.2, 0) is 14.6 Å². The lowest BCUT2D eigenvalue weighted by Crippen LogP contribution is -2.33. The van der Waals surface area contributed by atoms with Gasteiger partial charge in [-0.1, -0.05) is 0 Å². The molecule has 1 aliphatic heterocycles. The molecule has 2 rings (SSSR count). The molecule has 1 aromatic rings. The highest BCUT2D eigenvalue weighted by molar-refractivity contribution is 7.91. The normalized spacial score (nSPS) is 26.9. The number of aromatic nitrogens is 1. The number of ether oxygens (including phenoxy) is 1. The number of carbonyl (C=O) groups excluding carboxylic acids is 1. The van der Waals surface area contributed by atoms with E-state index in [-0.39, 0.29) is 11.5 Å². The maximum Gasteiger partial charge on any atom is 0.341 e. The zero-order valence-electron chi connectivity index (χ0n) is 9.60. The molecular weight excluding hydrogens is 262 g/mol. The van der Waals surface area contributed by atoms with Crippen molar-refractivity contribution in [3.8, 4) is 0 Å². The fourth-order valence-corrected chi connectivity index (χ4v) is 4.53. The first-order valence-electron chi connectivity index (χ1n) is 5.16. The fourth-order valence-electron chi connectivity index (χ4n) is 1.83. The van der Waals surface area contributed by atoms with E-state index in [0.717, 1.165) is 0 Å². The third-order valence-corrected chi connectivity index (χ3v) is 5.37. The minimum absolute atomic E-state index is 0.0810. The first-order chi connectivity index (χ1) is 7.81. The van der Waals surface area contributed by atoms with Crippen molar-refractivity contribution in [3.05, 3.63) is 16.6 Å². The Kier molecular flexibility index (Phi) is 2.99. The molecule has 0 bridgehead atoms. The highest BCUT2D eigenvalue weighted by Crippen LogP contribution is 2.28. The Hall–Kier alpha value is -0.950. The van der Waals surface area contributed by atoms with Crippen LogP contribution in [-0.4, -0.2) is 35.9 Å². The van der Waals surface area contributed by atoms with Gasteiger partial charge in [0.25, 0.3) is 0 Å². The van der Waals surface area contributed by atoms with Crippen LogP contribution in [0.3, 0.4) is 0 Å². The third-order valence-electron chi connectivity index (χ3n) is 2.78. The molecular formula is C10H13NO4S2. The second kappa shape index (κ2) is 4.06. The van der Waals surface area contributed by atoms with Crippen molar-refractivity contribution in [1.82, 2.24) is 4.37 Å². The van der Waals surface area contributed by atoms with Gasteiger partial charge in [0.15, 0.2) is 9.84 Å². The van der Waals surface area contributed by atoms with E-state index in [9.17, 15) is 13.2 Å². The Labute approximate surface area is 104 Å². The number of hydrogen-bond acceptors (Lipinski definition) is 6. The van der Waals surface area contributed by atoms with E-state index in [1.165, 1.54) is 11.5 Å². The van der Waals surface area contributed by atoms with E-state index in [0.29, 0.717) is 17.7 Å². The summed E-state index contributed by atoms with van der Waals surface area (Å²) in [5.74, 6) is -0.504. The molecule has 94 valence electrons. The van der Waals surface area contributed by atoms with E-state index in [4.69, 9.17) is 4.74 Å². The molecule has 1 aliphatic rings. The highest BCUT2D eigenvalue weighted by atomic mass is 32.2. The lowest BCUT2D eigenvalue weighted by atomic mass is 10.1. The summed E-state index contributed by atoms with van der Waals surface area (Å²) in [4.78, 5) is 11.8. The average Bonchev–Trinajstić information content (AvgIpc) is 2.70. The molecule has 1 atom stereocenters. The predicted octanol–water partition coefficient (Wildman–Crippen LogP) is 1.19. The summed E-state index contributed by atoms with van der Waals surface area (Å²) in [7, 11) is -3.07. The number of rotatable bonds is 2. The lowest BCUT2D eigenvalue weighted by Gasteiger charge is -2.22. The van der Waals surface area contributed by atoms with Crippen LogP contribution in [0, 0.1) is 6.92 Å². The molecule has 17 heavy (non-hydrogen) atoms. The quantitative estimate of drug-likeness (QED) is 0.758. The van der Waals surface area contributed by atoms with Crippen molar-refractivity contribution in [2.45, 2.75) is 25.9 Å². The predicted molar refractivity (Wildman–Crippen MR) is 63.9 cm³/mol. The molecule has 0 aliphatic carbocycles. The van der Waals surface area contributed by atoms with Crippen molar-refractivity contribution >= 4 is 27.3 Å². The smallest absolute Gasteiger partial charge is 0.341 e. The Bertz CT molecular complexity index is 548. The zero-order chi connectivity index (χ0) is 12.7. The summed E-state index contributed by atoms with van der Waals surface area (Å²) in [6.45, 7) is 3.38. The Balaban J connectivity index is 2.13. The van der Waals surface area contributed by atoms with Crippen molar-refractivity contribution in [1.29, 1.82) is 0 Å². The van der Waals surface area contributed by atoms with E-state index in [1.807, 2.05) is 0 Å². The number of sulfone groups is 1. The first-order valence-corrected chi connectivity index (χ1v) is 7.82. The molecule has 0 N–H and O–H groups in total. The zero-order valence-corrected chi connectivity index (χ0v) is 11.2. The summed E-state index contributed by atoms with van der Waals surface area (Å²) in [5, 5.41) is 1.62. The molecule has 2 heterocycles. The van der Waals surface area contributed by atoms with Gasteiger partial charge >= 0.3 is 5.97 Å². The summed E-state index contributed by atoms with van der Waals surface area (Å²) in [6.07, 6.45) is 0.359. The van der Waals surface area contributed by atoms with Crippen LogP contribution in [0.5, 0.6) is 0 Å². The largest absolute Gasteiger partial charge is 0.455 e. The standard InChI is InChI=1S/C10H13NO4S2/c1-7-8(5-16-11-7)9(12)15-10(2)3-4-17(13,14)6-10/h5H,3-4,6H2,1-2H3/t10-/m1/s1. The summed E-state index contributed by atoms with van der Waals surface area (Å²) >= 11 is 1.18. The minimum Gasteiger partial charge on any atom is -0.455 e. The average molecular weight is 275 g/mol. The third kappa shape index (κ3) is 2.66. The Morgan fingerprint density at radius 1 is 1.59 bits per heavy atom. The van der Waals surface area contributed by atoms with Crippen LogP contribution < -0.4 is 0 Å². The number of esters is 1. The summed E-state index contributed by atoms with van der Waals surface area (Å²) < 4.78 is 32.1. The lowest BCUT2D eigenvalue weighted by molar-refractivity contribution is 0.00227. The number of hydrogen-bond donors (Lipinski definition) is 0. The van der Waals surface area contributed by atoms with Crippen molar-refractivity contribution in [3.63, 3.8) is 0 Å². The van der Waals surface area contributed by atoms with Gasteiger partial charge in [-0.05, 0) is 25.4 Å². The van der Waals surface area contributed by atoms with Gasteiger partial charge in [-0.25, -0.2) is 13.2 Å². The van der Waals surface area contributed by atoms with Gasteiger partial charge in [-0.2, -0.15) is 4.37 Å². The van der Waals surface area contributed by atoms with Crippen LogP contribution in [0.25, 0.3) is 0 Å². The second-order valence-electron chi connectivity index (χ2n) is 4.50. The van der Waals surface area contributed by atoms with Crippen molar-refractivity contribution in [2.75, 3.05) is 11.5 Å². The molecule has 0 aromatic carbocycles. The second-order valence-corrected chi connectivity index (χ2v) is 7.31. The van der Waals surface area contributed by atoms with Gasteiger partial charge < -0.3 is 4.74 Å². The molecule has 0 radical (unpaired) electrons. The molecule has 0 spiro atoms. The SMILES string of the molecule is Cc1nscc1C(=O)O[C@]1(C)CCS(=O)(=O)C1. The van der Waals surface area contributed by atoms with Gasteiger partial charge in [-0.3, -0.25) is 0 Å². The molecule has 7 heteroatoms. The maximum atomic E-state index is 11.8. The fraction of sp³-hybridized carbons (Fsp3) is 0.600. The van der Waals surface area contributed by atoms with Crippen LogP contribution >= 0.6 is 11.5 Å². The number of carbonyl (C=O) groups is 1. The molecule has 1 aromatic heterocycles. The number of aryl methyl sites for hydroxylation is 1. The van der Waals surface area contributed by atoms with Crippen LogP contribution in [0.15, 0.2) is 5.38 Å². The monoisotopic (exact) mass is 275 g/mol. The Morgan fingerprint density at radius 3 is 2.76 bits per heavy atom. The number of nitrogens with zero attached hydrogens (tertiary/aromatic N) is 1. The van der Waals surface area contributed by atoms with Crippen LogP contribution in [0.1, 0.15) is 29.4 Å². The Morgan fingerprint density at radius 2 is 2.29 bits per heavy atom. The maximum absolute atomic E-state index is 11.8. The van der Waals surface area contributed by atoms with Gasteiger partial charge in [-0.15, -0.1) is 0 Å². The molecule has 1 fully saturated rings. The van der Waals surface area contributed by atoms with E-state index in [1.54, 1.807) is 19.2 Å². The van der Waals surface area contributed by atoms with Crippen LogP contribution in [0.2, 0.25) is 0 Å². The van der Waals surface area contributed by atoms with E-state index < -0.39 is 21.4 Å². The van der Waals surface area contributed by atoms with E-state index in [2.05, 4.69) is 4.37 Å².